The Kier molecular flexibility index (Phi) is 7.51. The molecule has 0 atom stereocenters. The van der Waals surface area contributed by atoms with Gasteiger partial charge in [0.15, 0.2) is 5.69 Å². The number of alkyl halides is 3. The van der Waals surface area contributed by atoms with Gasteiger partial charge in [-0.2, -0.15) is 27.7 Å². The topological polar surface area (TPSA) is 111 Å². The van der Waals surface area contributed by atoms with Gasteiger partial charge < -0.3 is 15.0 Å². The number of nitrogens with one attached hydrogen (secondary N) is 1. The van der Waals surface area contributed by atoms with Crippen molar-refractivity contribution in [3.8, 4) is 11.8 Å². The summed E-state index contributed by atoms with van der Waals surface area (Å²) in [7, 11) is -3.79. The van der Waals surface area contributed by atoms with Crippen LogP contribution in [0.1, 0.15) is 18.2 Å². The molecule has 0 spiro atoms. The Morgan fingerprint density at radius 3 is 2.24 bits per heavy atom. The molecule has 0 amide bonds. The molecule has 1 fully saturated rings. The van der Waals surface area contributed by atoms with Crippen LogP contribution in [0, 0.1) is 11.3 Å². The van der Waals surface area contributed by atoms with E-state index in [0.717, 1.165) is 6.07 Å². The van der Waals surface area contributed by atoms with Gasteiger partial charge in [-0.25, -0.2) is 13.4 Å². The zero-order valence-corrected chi connectivity index (χ0v) is 20.6. The first-order valence-corrected chi connectivity index (χ1v) is 12.8. The predicted molar refractivity (Wildman–Crippen MR) is 130 cm³/mol. The summed E-state index contributed by atoms with van der Waals surface area (Å²) in [4.78, 5) is 9.56. The summed E-state index contributed by atoms with van der Waals surface area (Å²) in [6, 6.07) is 15.0. The van der Waals surface area contributed by atoms with Crippen molar-refractivity contribution in [2.24, 2.45) is 0 Å². The number of ether oxygens (including phenoxy) is 1. The zero-order chi connectivity index (χ0) is 26.6. The van der Waals surface area contributed by atoms with Crippen molar-refractivity contribution in [2.75, 3.05) is 43.0 Å². The molecule has 0 unspecified atom stereocenters. The van der Waals surface area contributed by atoms with Crippen molar-refractivity contribution in [1.29, 1.82) is 5.26 Å². The largest absolute Gasteiger partial charge is 0.494 e. The van der Waals surface area contributed by atoms with E-state index >= 15 is 0 Å². The Hall–Kier alpha value is -3.89. The maximum absolute atomic E-state index is 13.6. The summed E-state index contributed by atoms with van der Waals surface area (Å²) in [5.74, 6) is 0.314. The number of nitrogens with zero attached hydrogens (tertiary/aromatic N) is 5. The van der Waals surface area contributed by atoms with Gasteiger partial charge in [0, 0.05) is 37.9 Å². The highest BCUT2D eigenvalue weighted by Gasteiger charge is 2.35. The Morgan fingerprint density at radius 1 is 1.03 bits per heavy atom. The second-order valence-corrected chi connectivity index (χ2v) is 9.98. The van der Waals surface area contributed by atoms with Gasteiger partial charge in [-0.3, -0.25) is 0 Å². The average Bonchev–Trinajstić information content (AvgIpc) is 2.89. The quantitative estimate of drug-likeness (QED) is 0.486. The van der Waals surface area contributed by atoms with Crippen LogP contribution in [0.25, 0.3) is 0 Å². The Morgan fingerprint density at radius 2 is 1.68 bits per heavy atom. The second-order valence-electron chi connectivity index (χ2n) is 8.05. The number of piperazine rings is 1. The van der Waals surface area contributed by atoms with Crippen LogP contribution in [-0.2, 0) is 16.2 Å². The number of nitriles is 1. The summed E-state index contributed by atoms with van der Waals surface area (Å²) in [6.07, 6.45) is -4.71. The number of anilines is 3. The summed E-state index contributed by atoms with van der Waals surface area (Å²) in [5, 5.41) is 11.7. The highest BCUT2D eigenvalue weighted by molar-refractivity contribution is 7.89. The number of benzene rings is 2. The maximum atomic E-state index is 13.6. The molecule has 0 saturated carbocycles. The third-order valence-corrected chi connectivity index (χ3v) is 7.50. The molecule has 1 N–H and O–H groups in total. The van der Waals surface area contributed by atoms with E-state index < -0.39 is 21.9 Å². The van der Waals surface area contributed by atoms with E-state index in [1.54, 1.807) is 24.3 Å². The summed E-state index contributed by atoms with van der Waals surface area (Å²) >= 11 is 0. The van der Waals surface area contributed by atoms with E-state index in [-0.39, 0.29) is 42.8 Å². The predicted octanol–water partition coefficient (Wildman–Crippen LogP) is 4.02. The van der Waals surface area contributed by atoms with Gasteiger partial charge in [-0.15, -0.1) is 0 Å². The van der Waals surface area contributed by atoms with Gasteiger partial charge >= 0.3 is 6.18 Å². The molecule has 4 rings (SSSR count). The fourth-order valence-corrected chi connectivity index (χ4v) is 5.14. The Bertz CT molecular complexity index is 1380. The number of rotatable bonds is 7. The van der Waals surface area contributed by atoms with Gasteiger partial charge in [0.2, 0.25) is 16.0 Å². The molecular formula is C24H23F3N6O3S. The van der Waals surface area contributed by atoms with Crippen molar-refractivity contribution in [3.63, 3.8) is 0 Å². The molecule has 0 radical (unpaired) electrons. The fourth-order valence-electron chi connectivity index (χ4n) is 3.71. The van der Waals surface area contributed by atoms with Gasteiger partial charge in [0.25, 0.3) is 0 Å². The number of halogens is 3. The molecule has 1 aliphatic rings. The molecule has 1 aromatic heterocycles. The lowest BCUT2D eigenvalue weighted by molar-refractivity contribution is -0.141. The van der Waals surface area contributed by atoms with Crippen LogP contribution in [-0.4, -0.2) is 55.5 Å². The van der Waals surface area contributed by atoms with E-state index in [2.05, 4.69) is 15.3 Å². The van der Waals surface area contributed by atoms with Gasteiger partial charge in [-0.05, 0) is 55.5 Å². The van der Waals surface area contributed by atoms with Crippen molar-refractivity contribution >= 4 is 27.5 Å². The van der Waals surface area contributed by atoms with Crippen LogP contribution in [0.4, 0.5) is 30.6 Å². The Balaban J connectivity index is 1.52. The molecule has 9 nitrogen and oxygen atoms in total. The highest BCUT2D eigenvalue weighted by Crippen LogP contribution is 2.32. The van der Waals surface area contributed by atoms with E-state index in [0.29, 0.717) is 23.6 Å². The monoisotopic (exact) mass is 532 g/mol. The van der Waals surface area contributed by atoms with Crippen LogP contribution in [0.15, 0.2) is 59.5 Å². The first-order chi connectivity index (χ1) is 17.6. The van der Waals surface area contributed by atoms with Crippen LogP contribution < -0.4 is 15.0 Å². The molecular weight excluding hydrogens is 509 g/mol. The van der Waals surface area contributed by atoms with Crippen LogP contribution in [0.2, 0.25) is 0 Å². The number of hydrogen-bond acceptors (Lipinski definition) is 8. The van der Waals surface area contributed by atoms with Crippen LogP contribution in [0.3, 0.4) is 0 Å². The minimum absolute atomic E-state index is 0.0491. The SMILES string of the molecule is CCOc1ccc(S(=O)(=O)N2CCN(c3nc(Nc4ccc(C#N)cc4)cc(C(F)(F)F)n3)CC2)cc1. The molecule has 2 heterocycles. The third kappa shape index (κ3) is 6.10. The summed E-state index contributed by atoms with van der Waals surface area (Å²) in [5.41, 5.74) is -0.274. The molecule has 13 heteroatoms. The lowest BCUT2D eigenvalue weighted by Crippen LogP contribution is -2.49. The summed E-state index contributed by atoms with van der Waals surface area (Å²) in [6.45, 7) is 2.59. The van der Waals surface area contributed by atoms with Crippen molar-refractivity contribution in [3.05, 3.63) is 65.9 Å². The molecule has 2 aromatic carbocycles. The van der Waals surface area contributed by atoms with Gasteiger partial charge in [0.1, 0.15) is 11.6 Å². The van der Waals surface area contributed by atoms with Crippen molar-refractivity contribution in [1.82, 2.24) is 14.3 Å². The lowest BCUT2D eigenvalue weighted by Gasteiger charge is -2.34. The average molecular weight is 533 g/mol. The third-order valence-electron chi connectivity index (χ3n) is 5.59. The van der Waals surface area contributed by atoms with E-state index in [1.807, 2.05) is 13.0 Å². The molecule has 1 saturated heterocycles. The normalized spacial score (nSPS) is 14.7. The minimum atomic E-state index is -4.71. The zero-order valence-electron chi connectivity index (χ0n) is 19.7. The van der Waals surface area contributed by atoms with E-state index in [4.69, 9.17) is 10.00 Å². The lowest BCUT2D eigenvalue weighted by atomic mass is 10.2. The number of aromatic nitrogens is 2. The molecule has 1 aliphatic heterocycles. The smallest absolute Gasteiger partial charge is 0.433 e. The molecule has 0 aliphatic carbocycles. The van der Waals surface area contributed by atoms with Gasteiger partial charge in [0.05, 0.1) is 23.1 Å². The Labute approximate surface area is 212 Å². The minimum Gasteiger partial charge on any atom is -0.494 e. The van der Waals surface area contributed by atoms with Crippen molar-refractivity contribution < 1.29 is 26.3 Å². The van der Waals surface area contributed by atoms with Crippen molar-refractivity contribution in [2.45, 2.75) is 18.0 Å². The first-order valence-electron chi connectivity index (χ1n) is 11.3. The second kappa shape index (κ2) is 10.6. The molecule has 37 heavy (non-hydrogen) atoms. The number of sulfonamides is 1. The molecule has 194 valence electrons. The van der Waals surface area contributed by atoms with Crippen LogP contribution >= 0.6 is 0 Å². The van der Waals surface area contributed by atoms with Gasteiger partial charge in [-0.1, -0.05) is 0 Å². The number of hydrogen-bond donors (Lipinski definition) is 1. The van der Waals surface area contributed by atoms with E-state index in [1.165, 1.54) is 33.5 Å². The maximum Gasteiger partial charge on any atom is 0.433 e. The fraction of sp³-hybridized carbons (Fsp3) is 0.292. The van der Waals surface area contributed by atoms with E-state index in [9.17, 15) is 21.6 Å². The molecule has 0 bridgehead atoms. The molecule has 3 aromatic rings. The summed E-state index contributed by atoms with van der Waals surface area (Å²) < 4.78 is 73.4. The van der Waals surface area contributed by atoms with Crippen LogP contribution in [0.5, 0.6) is 5.75 Å². The highest BCUT2D eigenvalue weighted by atomic mass is 32.2. The first kappa shape index (κ1) is 26.2. The standard InChI is InChI=1S/C24H23F3N6O3S/c1-2-36-19-7-9-20(10-8-19)37(34,35)33-13-11-32(12-14-33)23-30-21(24(25,26)27)15-22(31-23)29-18-5-3-17(16-28)4-6-18/h3-10,15H,2,11-14H2,1H3,(H,29,30,31).